The molecule has 0 bridgehead atoms. The van der Waals surface area contributed by atoms with Gasteiger partial charge < -0.3 is 0 Å². The summed E-state index contributed by atoms with van der Waals surface area (Å²) in [6.07, 6.45) is 0. The van der Waals surface area contributed by atoms with Crippen molar-refractivity contribution in [2.75, 3.05) is 0 Å². The van der Waals surface area contributed by atoms with Crippen LogP contribution in [0.4, 0.5) is 0 Å². The Hall–Kier alpha value is -1.13. The zero-order chi connectivity index (χ0) is 15.2. The number of rotatable bonds is 2. The van der Waals surface area contributed by atoms with Crippen LogP contribution in [0.2, 0.25) is 37.3 Å². The maximum absolute atomic E-state index is 2.61. The Balaban J connectivity index is 1.77. The molecule has 0 N–H and O–H groups in total. The van der Waals surface area contributed by atoms with E-state index in [2.05, 4.69) is 73.8 Å². The van der Waals surface area contributed by atoms with Gasteiger partial charge in [-0.15, -0.1) is 0 Å². The van der Waals surface area contributed by atoms with E-state index in [9.17, 15) is 0 Å². The van der Waals surface area contributed by atoms with Crippen molar-refractivity contribution in [3.8, 4) is 0 Å². The van der Waals surface area contributed by atoms with E-state index < -0.39 is 16.1 Å². The molecule has 2 heteroatoms. The van der Waals surface area contributed by atoms with Crippen LogP contribution in [0.3, 0.4) is 0 Å². The van der Waals surface area contributed by atoms with E-state index in [1.807, 2.05) is 0 Å². The second kappa shape index (κ2) is 5.21. The highest BCUT2D eigenvalue weighted by Gasteiger charge is 2.54. The summed E-state index contributed by atoms with van der Waals surface area (Å²) in [4.78, 5) is 0. The molecule has 2 aromatic carbocycles. The molecule has 2 atom stereocenters. The van der Waals surface area contributed by atoms with Crippen LogP contribution in [-0.2, 0) is 0 Å². The summed E-state index contributed by atoms with van der Waals surface area (Å²) >= 11 is 0. The molecule has 2 aliphatic heterocycles. The lowest BCUT2D eigenvalue weighted by Crippen LogP contribution is -2.56. The van der Waals surface area contributed by atoms with Crippen LogP contribution in [0.25, 0.3) is 0 Å². The molecule has 4 rings (SSSR count). The molecule has 0 radical (unpaired) electrons. The van der Waals surface area contributed by atoms with Gasteiger partial charge in [0.25, 0.3) is 0 Å². The van der Waals surface area contributed by atoms with Crippen molar-refractivity contribution < 1.29 is 0 Å². The summed E-state index contributed by atoms with van der Waals surface area (Å²) in [6, 6.07) is 29.2. The first kappa shape index (κ1) is 14.5. The topological polar surface area (TPSA) is 0 Å². The van der Waals surface area contributed by atoms with Gasteiger partial charge in [-0.25, -0.2) is 0 Å². The molecule has 0 aromatic heterocycles. The van der Waals surface area contributed by atoms with Gasteiger partial charge in [0.2, 0.25) is 0 Å². The van der Waals surface area contributed by atoms with Crippen molar-refractivity contribution >= 4 is 26.5 Å². The summed E-state index contributed by atoms with van der Waals surface area (Å²) in [5, 5.41) is 3.35. The zero-order valence-electron chi connectivity index (χ0n) is 13.8. The van der Waals surface area contributed by atoms with Crippen LogP contribution in [0, 0.1) is 11.8 Å². The lowest BCUT2D eigenvalue weighted by molar-refractivity contribution is 0.516. The molecule has 0 nitrogen and oxygen atoms in total. The minimum Gasteiger partial charge on any atom is -0.0693 e. The molecule has 0 amide bonds. The summed E-state index contributed by atoms with van der Waals surface area (Å²) in [7, 11) is -2.40. The molecule has 0 spiro atoms. The summed E-state index contributed by atoms with van der Waals surface area (Å²) < 4.78 is 0. The molecule has 114 valence electrons. The Morgan fingerprint density at radius 3 is 1.45 bits per heavy atom. The SMILES string of the molecule is C[Si]1(C)C[C@H]2C[Si](c3ccccc3)(c3ccccc3)C[C@@H]2C1. The average molecular weight is 323 g/mol. The van der Waals surface area contributed by atoms with Crippen molar-refractivity contribution in [2.24, 2.45) is 11.8 Å². The van der Waals surface area contributed by atoms with Gasteiger partial charge in [-0.05, 0) is 23.9 Å². The van der Waals surface area contributed by atoms with Gasteiger partial charge in [0, 0.05) is 8.07 Å². The Labute approximate surface area is 136 Å². The van der Waals surface area contributed by atoms with Crippen molar-refractivity contribution in [3.63, 3.8) is 0 Å². The third-order valence-corrected chi connectivity index (χ3v) is 14.7. The largest absolute Gasteiger partial charge is 0.118 e. The van der Waals surface area contributed by atoms with Crippen LogP contribution in [0.1, 0.15) is 0 Å². The van der Waals surface area contributed by atoms with Gasteiger partial charge in [-0.2, -0.15) is 0 Å². The van der Waals surface area contributed by atoms with Crippen LogP contribution >= 0.6 is 0 Å². The van der Waals surface area contributed by atoms with E-state index in [-0.39, 0.29) is 0 Å². The lowest BCUT2D eigenvalue weighted by atomic mass is 10.0. The normalized spacial score (nSPS) is 28.5. The third-order valence-electron chi connectivity index (χ3n) is 6.17. The van der Waals surface area contributed by atoms with E-state index in [0.29, 0.717) is 0 Å². The quantitative estimate of drug-likeness (QED) is 0.726. The highest BCUT2D eigenvalue weighted by Crippen LogP contribution is 2.52. The second-order valence-electron chi connectivity index (χ2n) is 8.32. The minimum atomic E-state index is -1.52. The van der Waals surface area contributed by atoms with Gasteiger partial charge in [-0.3, -0.25) is 0 Å². The summed E-state index contributed by atoms with van der Waals surface area (Å²) in [5.74, 6) is 2.04. The van der Waals surface area contributed by atoms with Gasteiger partial charge in [0.05, 0.1) is 0 Å². The fourth-order valence-electron chi connectivity index (χ4n) is 5.44. The van der Waals surface area contributed by atoms with Crippen molar-refractivity contribution in [1.82, 2.24) is 0 Å². The number of hydrogen-bond donors (Lipinski definition) is 0. The molecular formula is C20H26Si2. The molecule has 2 aliphatic rings. The maximum Gasteiger partial charge on any atom is 0.118 e. The molecule has 0 unspecified atom stereocenters. The number of fused-ring (bicyclic) bond motifs is 1. The predicted molar refractivity (Wildman–Crippen MR) is 102 cm³/mol. The Kier molecular flexibility index (Phi) is 3.42. The Morgan fingerprint density at radius 2 is 1.05 bits per heavy atom. The fraction of sp³-hybridized carbons (Fsp3) is 0.400. The van der Waals surface area contributed by atoms with Crippen molar-refractivity contribution in [2.45, 2.75) is 37.3 Å². The van der Waals surface area contributed by atoms with Crippen LogP contribution < -0.4 is 10.4 Å². The molecule has 0 aliphatic carbocycles. The maximum atomic E-state index is 2.61. The third kappa shape index (κ3) is 2.33. The first-order valence-electron chi connectivity index (χ1n) is 8.70. The Bertz CT molecular complexity index is 590. The van der Waals surface area contributed by atoms with E-state index in [4.69, 9.17) is 0 Å². The molecule has 2 aromatic rings. The Morgan fingerprint density at radius 1 is 0.636 bits per heavy atom. The van der Waals surface area contributed by atoms with Gasteiger partial charge in [0.1, 0.15) is 8.07 Å². The van der Waals surface area contributed by atoms with E-state index >= 15 is 0 Å². The van der Waals surface area contributed by atoms with Gasteiger partial charge in [-0.1, -0.05) is 96.2 Å². The lowest BCUT2D eigenvalue weighted by Gasteiger charge is -2.31. The van der Waals surface area contributed by atoms with Crippen molar-refractivity contribution in [3.05, 3.63) is 60.7 Å². The van der Waals surface area contributed by atoms with E-state index in [1.54, 1.807) is 22.5 Å². The molecule has 2 fully saturated rings. The van der Waals surface area contributed by atoms with Crippen LogP contribution in [-0.4, -0.2) is 16.1 Å². The number of benzene rings is 2. The van der Waals surface area contributed by atoms with E-state index in [1.165, 1.54) is 12.1 Å². The molecule has 2 saturated heterocycles. The van der Waals surface area contributed by atoms with Crippen LogP contribution in [0.5, 0.6) is 0 Å². The molecular weight excluding hydrogens is 296 g/mol. The number of hydrogen-bond acceptors (Lipinski definition) is 0. The minimum absolute atomic E-state index is 0.878. The standard InChI is InChI=1S/C20H26Si2/c1-21(2)13-17-15-22(16-18(17)14-21,19-9-5-3-6-10-19)20-11-7-4-8-12-20/h3-12,17-18H,13-16H2,1-2H3/t17-,18-/m0/s1. The molecule has 0 saturated carbocycles. The molecule has 22 heavy (non-hydrogen) atoms. The van der Waals surface area contributed by atoms with Gasteiger partial charge >= 0.3 is 0 Å². The zero-order valence-corrected chi connectivity index (χ0v) is 15.8. The van der Waals surface area contributed by atoms with Crippen molar-refractivity contribution in [1.29, 1.82) is 0 Å². The van der Waals surface area contributed by atoms with E-state index in [0.717, 1.165) is 11.8 Å². The van der Waals surface area contributed by atoms with Gasteiger partial charge in [0.15, 0.2) is 0 Å². The van der Waals surface area contributed by atoms with Crippen LogP contribution in [0.15, 0.2) is 60.7 Å². The monoisotopic (exact) mass is 322 g/mol. The average Bonchev–Trinajstić information content (AvgIpc) is 3.00. The fourth-order valence-corrected chi connectivity index (χ4v) is 15.8. The highest BCUT2D eigenvalue weighted by molar-refractivity contribution is 7.03. The first-order valence-corrected chi connectivity index (χ1v) is 14.5. The molecule has 2 heterocycles. The highest BCUT2D eigenvalue weighted by atomic mass is 28.3. The summed E-state index contributed by atoms with van der Waals surface area (Å²) in [5.41, 5.74) is 0. The smallest absolute Gasteiger partial charge is 0.0693 e. The first-order chi connectivity index (χ1) is 10.6. The summed E-state index contributed by atoms with van der Waals surface area (Å²) in [6.45, 7) is 5.22. The predicted octanol–water partition coefficient (Wildman–Crippen LogP) is 4.22. The second-order valence-corrected chi connectivity index (χ2v) is 17.6.